The van der Waals surface area contributed by atoms with Crippen molar-refractivity contribution in [3.8, 4) is 0 Å². The van der Waals surface area contributed by atoms with Crippen molar-refractivity contribution in [3.05, 3.63) is 46.3 Å². The molecule has 2 aromatic rings. The molecule has 5 nitrogen and oxygen atoms in total. The number of thiophene rings is 1. The molecule has 136 valence electrons. The second kappa shape index (κ2) is 10.7. The average Bonchev–Trinajstić information content (AvgIpc) is 3.15. The Morgan fingerprint density at radius 3 is 2.60 bits per heavy atom. The van der Waals surface area contributed by atoms with E-state index >= 15 is 0 Å². The fraction of sp³-hybridized carbons (Fsp3) is 0.474. The van der Waals surface area contributed by atoms with E-state index in [9.17, 15) is 0 Å². The largest absolute Gasteiger partial charge is 0.357 e. The molecule has 0 aliphatic carbocycles. The van der Waals surface area contributed by atoms with Crippen molar-refractivity contribution in [3.63, 3.8) is 0 Å². The van der Waals surface area contributed by atoms with Crippen molar-refractivity contribution in [2.24, 2.45) is 4.99 Å². The second-order valence-corrected chi connectivity index (χ2v) is 6.68. The highest BCUT2D eigenvalue weighted by Crippen LogP contribution is 2.11. The Labute approximate surface area is 155 Å². The zero-order valence-electron chi connectivity index (χ0n) is 15.5. The Morgan fingerprint density at radius 2 is 2.00 bits per heavy atom. The first-order chi connectivity index (χ1) is 12.3. The highest BCUT2D eigenvalue weighted by molar-refractivity contribution is 7.09. The van der Waals surface area contributed by atoms with Gasteiger partial charge in [0.1, 0.15) is 5.82 Å². The van der Waals surface area contributed by atoms with Gasteiger partial charge in [0.15, 0.2) is 5.96 Å². The molecule has 0 spiro atoms. The molecule has 2 rings (SSSR count). The van der Waals surface area contributed by atoms with E-state index in [4.69, 9.17) is 0 Å². The third-order valence-corrected chi connectivity index (χ3v) is 4.84. The van der Waals surface area contributed by atoms with Crippen LogP contribution in [0.2, 0.25) is 0 Å². The molecule has 0 aromatic carbocycles. The van der Waals surface area contributed by atoms with Crippen LogP contribution in [0.5, 0.6) is 0 Å². The number of aliphatic imine (C=N–C) groups is 1. The minimum absolute atomic E-state index is 0.625. The van der Waals surface area contributed by atoms with Gasteiger partial charge in [-0.3, -0.25) is 0 Å². The molecule has 0 radical (unpaired) electrons. The molecule has 2 aromatic heterocycles. The topological polar surface area (TPSA) is 52.6 Å². The molecule has 0 bridgehead atoms. The van der Waals surface area contributed by atoms with Gasteiger partial charge in [-0.05, 0) is 50.3 Å². The Balaban J connectivity index is 1.88. The molecule has 2 N–H and O–H groups in total. The summed E-state index contributed by atoms with van der Waals surface area (Å²) in [5, 5.41) is 8.80. The van der Waals surface area contributed by atoms with Gasteiger partial charge in [-0.25, -0.2) is 9.98 Å². The summed E-state index contributed by atoms with van der Waals surface area (Å²) in [7, 11) is 0. The first-order valence-corrected chi connectivity index (χ1v) is 9.89. The summed E-state index contributed by atoms with van der Waals surface area (Å²) in [5.74, 6) is 1.88. The highest BCUT2D eigenvalue weighted by atomic mass is 32.1. The number of guanidine groups is 1. The van der Waals surface area contributed by atoms with Crippen LogP contribution in [0.1, 0.15) is 31.2 Å². The van der Waals surface area contributed by atoms with Crippen LogP contribution in [0.4, 0.5) is 5.82 Å². The summed E-state index contributed by atoms with van der Waals surface area (Å²) in [6, 6.07) is 8.45. The van der Waals surface area contributed by atoms with Crippen molar-refractivity contribution in [1.29, 1.82) is 0 Å². The lowest BCUT2D eigenvalue weighted by Gasteiger charge is -2.19. The minimum Gasteiger partial charge on any atom is -0.357 e. The van der Waals surface area contributed by atoms with Gasteiger partial charge >= 0.3 is 0 Å². The summed E-state index contributed by atoms with van der Waals surface area (Å²) in [5.41, 5.74) is 1.12. The number of hydrogen-bond donors (Lipinski definition) is 2. The molecule has 2 heterocycles. The van der Waals surface area contributed by atoms with Crippen LogP contribution in [0.15, 0.2) is 40.8 Å². The first kappa shape index (κ1) is 19.2. The third-order valence-electron chi connectivity index (χ3n) is 3.90. The van der Waals surface area contributed by atoms with Gasteiger partial charge in [0, 0.05) is 37.3 Å². The minimum atomic E-state index is 0.625. The van der Waals surface area contributed by atoms with Gasteiger partial charge in [0.25, 0.3) is 0 Å². The maximum atomic E-state index is 4.66. The van der Waals surface area contributed by atoms with E-state index in [2.05, 4.69) is 75.9 Å². The number of nitrogens with one attached hydrogen (secondary N) is 2. The lowest BCUT2D eigenvalue weighted by molar-refractivity contribution is 0.803. The Hall–Kier alpha value is -2.08. The summed E-state index contributed by atoms with van der Waals surface area (Å²) in [6.45, 7) is 10.7. The Kier molecular flexibility index (Phi) is 8.25. The molecule has 0 unspecified atom stereocenters. The molecule has 0 saturated heterocycles. The van der Waals surface area contributed by atoms with Crippen molar-refractivity contribution < 1.29 is 0 Å². The van der Waals surface area contributed by atoms with E-state index in [1.165, 1.54) is 4.88 Å². The van der Waals surface area contributed by atoms with Crippen LogP contribution in [0.3, 0.4) is 0 Å². The summed E-state index contributed by atoms with van der Waals surface area (Å²) >= 11 is 1.79. The number of hydrogen-bond acceptors (Lipinski definition) is 4. The smallest absolute Gasteiger partial charge is 0.191 e. The molecule has 0 aliphatic heterocycles. The molecule has 0 saturated carbocycles. The van der Waals surface area contributed by atoms with Gasteiger partial charge in [-0.2, -0.15) is 0 Å². The molecule has 25 heavy (non-hydrogen) atoms. The average molecular weight is 360 g/mol. The normalized spacial score (nSPS) is 11.4. The molecular weight excluding hydrogens is 330 g/mol. The van der Waals surface area contributed by atoms with Crippen LogP contribution in [-0.4, -0.2) is 37.1 Å². The van der Waals surface area contributed by atoms with Crippen LogP contribution in [0.25, 0.3) is 0 Å². The lowest BCUT2D eigenvalue weighted by atomic mass is 10.3. The van der Waals surface area contributed by atoms with Crippen molar-refractivity contribution in [2.75, 3.05) is 31.1 Å². The zero-order valence-corrected chi connectivity index (χ0v) is 16.3. The van der Waals surface area contributed by atoms with Crippen LogP contribution in [-0.2, 0) is 13.0 Å². The van der Waals surface area contributed by atoms with E-state index in [1.54, 1.807) is 11.3 Å². The van der Waals surface area contributed by atoms with Crippen LogP contribution < -0.4 is 15.5 Å². The zero-order chi connectivity index (χ0) is 17.9. The Morgan fingerprint density at radius 1 is 1.16 bits per heavy atom. The van der Waals surface area contributed by atoms with Gasteiger partial charge in [0.2, 0.25) is 0 Å². The predicted octanol–water partition coefficient (Wildman–Crippen LogP) is 3.29. The number of aromatic nitrogens is 1. The highest BCUT2D eigenvalue weighted by Gasteiger charge is 2.03. The van der Waals surface area contributed by atoms with Gasteiger partial charge < -0.3 is 15.5 Å². The van der Waals surface area contributed by atoms with E-state index in [-0.39, 0.29) is 0 Å². The summed E-state index contributed by atoms with van der Waals surface area (Å²) < 4.78 is 0. The maximum absolute atomic E-state index is 4.66. The maximum Gasteiger partial charge on any atom is 0.191 e. The van der Waals surface area contributed by atoms with Gasteiger partial charge in [-0.1, -0.05) is 12.1 Å². The van der Waals surface area contributed by atoms with Crippen molar-refractivity contribution >= 4 is 23.1 Å². The standard InChI is InChI=1S/C19H29N5S/c1-4-20-19(21-12-11-17-8-7-13-25-17)23-15-16-9-10-18(22-14-16)24(5-2)6-3/h7-10,13-14H,4-6,11-12,15H2,1-3H3,(H2,20,21,23). The number of anilines is 1. The first-order valence-electron chi connectivity index (χ1n) is 9.01. The van der Waals surface area contributed by atoms with Crippen LogP contribution >= 0.6 is 11.3 Å². The summed E-state index contributed by atoms with van der Waals surface area (Å²) in [6.07, 6.45) is 2.94. The number of pyridine rings is 1. The molecule has 0 aliphatic rings. The molecular formula is C19H29N5S. The van der Waals surface area contributed by atoms with Gasteiger partial charge in [0.05, 0.1) is 6.54 Å². The fourth-order valence-electron chi connectivity index (χ4n) is 2.52. The van der Waals surface area contributed by atoms with Crippen molar-refractivity contribution in [1.82, 2.24) is 15.6 Å². The second-order valence-electron chi connectivity index (χ2n) is 5.65. The Bertz CT molecular complexity index is 618. The third kappa shape index (κ3) is 6.38. The molecule has 0 fully saturated rings. The van der Waals surface area contributed by atoms with E-state index in [0.717, 1.165) is 49.9 Å². The molecule has 0 amide bonds. The molecule has 6 heteroatoms. The fourth-order valence-corrected chi connectivity index (χ4v) is 3.22. The monoisotopic (exact) mass is 359 g/mol. The quantitative estimate of drug-likeness (QED) is 0.533. The lowest BCUT2D eigenvalue weighted by Crippen LogP contribution is -2.38. The van der Waals surface area contributed by atoms with E-state index < -0.39 is 0 Å². The SMILES string of the molecule is CCNC(=NCc1ccc(N(CC)CC)nc1)NCCc1cccs1. The predicted molar refractivity (Wildman–Crippen MR) is 109 cm³/mol. The number of nitrogens with zero attached hydrogens (tertiary/aromatic N) is 3. The number of rotatable bonds is 9. The molecule has 0 atom stereocenters. The van der Waals surface area contributed by atoms with Crippen molar-refractivity contribution in [2.45, 2.75) is 33.7 Å². The van der Waals surface area contributed by atoms with E-state index in [0.29, 0.717) is 6.54 Å². The van der Waals surface area contributed by atoms with Crippen LogP contribution in [0, 0.1) is 0 Å². The van der Waals surface area contributed by atoms with E-state index in [1.807, 2.05) is 6.20 Å². The van der Waals surface area contributed by atoms with Gasteiger partial charge in [-0.15, -0.1) is 11.3 Å². The summed E-state index contributed by atoms with van der Waals surface area (Å²) in [4.78, 5) is 12.8.